The fraction of sp³-hybridized carbons (Fsp3) is 0.111. The van der Waals surface area contributed by atoms with E-state index in [9.17, 15) is 18.0 Å². The van der Waals surface area contributed by atoms with Crippen LogP contribution in [-0.2, 0) is 0 Å². The molecule has 0 spiro atoms. The third-order valence-electron chi connectivity index (χ3n) is 3.59. The fourth-order valence-electron chi connectivity index (χ4n) is 2.31. The van der Waals surface area contributed by atoms with E-state index in [1.165, 1.54) is 12.1 Å². The summed E-state index contributed by atoms with van der Waals surface area (Å²) in [6.45, 7) is 1.74. The van der Waals surface area contributed by atoms with Crippen molar-refractivity contribution < 1.29 is 22.7 Å². The molecule has 0 bridgehead atoms. The summed E-state index contributed by atoms with van der Waals surface area (Å²) in [5, 5.41) is 7.05. The molecule has 3 aromatic rings. The first-order valence-electron chi connectivity index (χ1n) is 7.71. The minimum absolute atomic E-state index is 0.195. The molecule has 140 valence electrons. The number of ether oxygens (including phenoxy) is 1. The minimum Gasteiger partial charge on any atom is -0.406 e. The monoisotopic (exact) mass is 439 g/mol. The van der Waals surface area contributed by atoms with Crippen molar-refractivity contribution in [3.05, 3.63) is 70.5 Å². The molecule has 2 aromatic carbocycles. The van der Waals surface area contributed by atoms with Crippen molar-refractivity contribution in [3.8, 4) is 11.4 Å². The van der Waals surface area contributed by atoms with E-state index in [1.54, 1.807) is 17.8 Å². The lowest BCUT2D eigenvalue weighted by Crippen LogP contribution is -2.17. The average Bonchev–Trinajstić information content (AvgIpc) is 2.95. The Hall–Kier alpha value is -2.81. The number of alkyl halides is 3. The number of carbonyl (C=O) groups is 1. The van der Waals surface area contributed by atoms with E-state index in [-0.39, 0.29) is 5.56 Å². The normalized spacial score (nSPS) is 11.3. The average molecular weight is 440 g/mol. The zero-order chi connectivity index (χ0) is 19.6. The maximum absolute atomic E-state index is 12.3. The van der Waals surface area contributed by atoms with Gasteiger partial charge in [-0.1, -0.05) is 15.9 Å². The van der Waals surface area contributed by atoms with Crippen LogP contribution < -0.4 is 10.1 Å². The smallest absolute Gasteiger partial charge is 0.406 e. The molecule has 3 rings (SSSR count). The number of anilines is 1. The van der Waals surface area contributed by atoms with Crippen LogP contribution in [0.3, 0.4) is 0 Å². The molecule has 0 radical (unpaired) electrons. The van der Waals surface area contributed by atoms with Crippen LogP contribution in [0, 0.1) is 6.92 Å². The second-order valence-corrected chi connectivity index (χ2v) is 6.49. The first kappa shape index (κ1) is 19.0. The Morgan fingerprint density at radius 3 is 2.33 bits per heavy atom. The number of nitrogens with zero attached hydrogens (tertiary/aromatic N) is 2. The Kier molecular flexibility index (Phi) is 5.22. The van der Waals surface area contributed by atoms with Crippen molar-refractivity contribution in [1.82, 2.24) is 9.78 Å². The third kappa shape index (κ3) is 4.88. The molecule has 0 aliphatic carbocycles. The number of aromatic nitrogens is 2. The van der Waals surface area contributed by atoms with Gasteiger partial charge in [-0.3, -0.25) is 4.79 Å². The molecule has 0 saturated carbocycles. The SMILES string of the molecule is Cc1nn(-c2ccc(Br)cc2)cc1NC(=O)c1ccc(OC(F)(F)F)cc1. The van der Waals surface area contributed by atoms with Crippen molar-refractivity contribution >= 4 is 27.5 Å². The molecule has 1 N–H and O–H groups in total. The van der Waals surface area contributed by atoms with Gasteiger partial charge in [-0.05, 0) is 55.5 Å². The Bertz CT molecular complexity index is 951. The predicted octanol–water partition coefficient (Wildman–Crippen LogP) is 5.09. The number of nitrogens with one attached hydrogen (secondary N) is 1. The highest BCUT2D eigenvalue weighted by atomic mass is 79.9. The summed E-state index contributed by atoms with van der Waals surface area (Å²) in [4.78, 5) is 12.3. The maximum Gasteiger partial charge on any atom is 0.573 e. The van der Waals surface area contributed by atoms with Gasteiger partial charge in [0.25, 0.3) is 5.91 Å². The van der Waals surface area contributed by atoms with Gasteiger partial charge >= 0.3 is 6.36 Å². The molecule has 0 saturated heterocycles. The van der Waals surface area contributed by atoms with Gasteiger partial charge in [0.1, 0.15) is 5.75 Å². The summed E-state index contributed by atoms with van der Waals surface area (Å²) in [6, 6.07) is 12.1. The second-order valence-electron chi connectivity index (χ2n) is 5.58. The molecule has 0 aliphatic heterocycles. The first-order chi connectivity index (χ1) is 12.7. The van der Waals surface area contributed by atoms with Crippen LogP contribution in [0.4, 0.5) is 18.9 Å². The van der Waals surface area contributed by atoms with Gasteiger partial charge < -0.3 is 10.1 Å². The number of halogens is 4. The number of hydrogen-bond donors (Lipinski definition) is 1. The molecule has 1 heterocycles. The molecular formula is C18H13BrF3N3O2. The standard InChI is InChI=1S/C18H13BrF3N3O2/c1-11-16(10-25(24-11)14-6-4-13(19)5-7-14)23-17(26)12-2-8-15(9-3-12)27-18(20,21)22/h2-10H,1H3,(H,23,26). The number of carbonyl (C=O) groups excluding carboxylic acids is 1. The quantitative estimate of drug-likeness (QED) is 0.615. The Balaban J connectivity index is 1.73. The zero-order valence-electron chi connectivity index (χ0n) is 13.9. The van der Waals surface area contributed by atoms with E-state index >= 15 is 0 Å². The van der Waals surface area contributed by atoms with Gasteiger partial charge in [0.05, 0.1) is 23.3 Å². The minimum atomic E-state index is -4.78. The van der Waals surface area contributed by atoms with Gasteiger partial charge in [-0.15, -0.1) is 13.2 Å². The van der Waals surface area contributed by atoms with Crippen LogP contribution in [0.25, 0.3) is 5.69 Å². The van der Waals surface area contributed by atoms with Crippen molar-refractivity contribution in [2.75, 3.05) is 5.32 Å². The van der Waals surface area contributed by atoms with E-state index in [0.717, 1.165) is 22.3 Å². The molecule has 9 heteroatoms. The predicted molar refractivity (Wildman–Crippen MR) is 97.1 cm³/mol. The summed E-state index contributed by atoms with van der Waals surface area (Å²) < 4.78 is 42.9. The first-order valence-corrected chi connectivity index (χ1v) is 8.50. The molecule has 0 fully saturated rings. The number of aryl methyl sites for hydroxylation is 1. The number of rotatable bonds is 4. The number of hydrogen-bond acceptors (Lipinski definition) is 3. The molecular weight excluding hydrogens is 427 g/mol. The van der Waals surface area contributed by atoms with Crippen LogP contribution in [0.15, 0.2) is 59.2 Å². The van der Waals surface area contributed by atoms with E-state index in [1.807, 2.05) is 24.3 Å². The summed E-state index contributed by atoms with van der Waals surface area (Å²) in [7, 11) is 0. The summed E-state index contributed by atoms with van der Waals surface area (Å²) in [6.07, 6.45) is -3.11. The van der Waals surface area contributed by atoms with E-state index in [2.05, 4.69) is 31.1 Å². The van der Waals surface area contributed by atoms with E-state index < -0.39 is 18.0 Å². The van der Waals surface area contributed by atoms with E-state index in [4.69, 9.17) is 0 Å². The Labute approximate surface area is 160 Å². The summed E-state index contributed by atoms with van der Waals surface area (Å²) in [5.41, 5.74) is 2.11. The highest BCUT2D eigenvalue weighted by Gasteiger charge is 2.31. The van der Waals surface area contributed by atoms with Crippen LogP contribution in [0.2, 0.25) is 0 Å². The highest BCUT2D eigenvalue weighted by Crippen LogP contribution is 2.23. The number of amides is 1. The highest BCUT2D eigenvalue weighted by molar-refractivity contribution is 9.10. The molecule has 5 nitrogen and oxygen atoms in total. The lowest BCUT2D eigenvalue weighted by molar-refractivity contribution is -0.274. The summed E-state index contributed by atoms with van der Waals surface area (Å²) in [5.74, 6) is -0.856. The lowest BCUT2D eigenvalue weighted by atomic mass is 10.2. The van der Waals surface area contributed by atoms with Crippen LogP contribution >= 0.6 is 15.9 Å². The molecule has 0 unspecified atom stereocenters. The molecule has 0 aliphatic rings. The molecule has 0 atom stereocenters. The van der Waals surface area contributed by atoms with Crippen LogP contribution in [0.1, 0.15) is 16.1 Å². The van der Waals surface area contributed by atoms with E-state index in [0.29, 0.717) is 11.4 Å². The van der Waals surface area contributed by atoms with Gasteiger partial charge in [0.2, 0.25) is 0 Å². The lowest BCUT2D eigenvalue weighted by Gasteiger charge is -2.09. The van der Waals surface area contributed by atoms with Gasteiger partial charge in [0.15, 0.2) is 0 Å². The van der Waals surface area contributed by atoms with Crippen molar-refractivity contribution in [3.63, 3.8) is 0 Å². The molecule has 27 heavy (non-hydrogen) atoms. The van der Waals surface area contributed by atoms with Crippen molar-refractivity contribution in [1.29, 1.82) is 0 Å². The Morgan fingerprint density at radius 1 is 1.11 bits per heavy atom. The molecule has 1 amide bonds. The second kappa shape index (κ2) is 7.43. The third-order valence-corrected chi connectivity index (χ3v) is 4.12. The topological polar surface area (TPSA) is 56.2 Å². The maximum atomic E-state index is 12.3. The fourth-order valence-corrected chi connectivity index (χ4v) is 2.58. The van der Waals surface area contributed by atoms with Crippen LogP contribution in [-0.4, -0.2) is 22.1 Å². The number of benzene rings is 2. The Morgan fingerprint density at radius 2 is 1.74 bits per heavy atom. The van der Waals surface area contributed by atoms with Crippen LogP contribution in [0.5, 0.6) is 5.75 Å². The van der Waals surface area contributed by atoms with Crippen molar-refractivity contribution in [2.24, 2.45) is 0 Å². The van der Waals surface area contributed by atoms with Crippen molar-refractivity contribution in [2.45, 2.75) is 13.3 Å². The van der Waals surface area contributed by atoms with Gasteiger partial charge in [-0.25, -0.2) is 4.68 Å². The molecule has 1 aromatic heterocycles. The van der Waals surface area contributed by atoms with Gasteiger partial charge in [-0.2, -0.15) is 5.10 Å². The zero-order valence-corrected chi connectivity index (χ0v) is 15.5. The summed E-state index contributed by atoms with van der Waals surface area (Å²) >= 11 is 3.36. The van der Waals surface area contributed by atoms with Gasteiger partial charge in [0, 0.05) is 10.0 Å². The largest absolute Gasteiger partial charge is 0.573 e.